The summed E-state index contributed by atoms with van der Waals surface area (Å²) in [5.74, 6) is -1.24. The van der Waals surface area contributed by atoms with E-state index < -0.39 is 21.7 Å². The maximum atomic E-state index is 11.9. The van der Waals surface area contributed by atoms with Crippen LogP contribution in [-0.2, 0) is 19.5 Å². The fraction of sp³-hybridized carbons (Fsp3) is 0.727. The molecule has 107 valence electrons. The maximum Gasteiger partial charge on any atom is 0.307 e. The predicted molar refractivity (Wildman–Crippen MR) is 73.8 cm³/mol. The molecule has 1 heterocycles. The fourth-order valence-electron chi connectivity index (χ4n) is 1.77. The molecule has 1 unspecified atom stereocenters. The van der Waals surface area contributed by atoms with E-state index in [1.807, 2.05) is 12.2 Å². The molecule has 1 rings (SSSR count). The van der Waals surface area contributed by atoms with Crippen LogP contribution >= 0.6 is 0 Å². The van der Waals surface area contributed by atoms with Crippen molar-refractivity contribution < 1.29 is 17.9 Å². The molecule has 0 aromatic heterocycles. The number of carbonyl (C=O) groups is 1. The highest BCUT2D eigenvalue weighted by Crippen LogP contribution is 2.14. The zero-order valence-corrected chi connectivity index (χ0v) is 11.7. The predicted octanol–water partition coefficient (Wildman–Crippen LogP) is 0.293. The summed E-state index contributed by atoms with van der Waals surface area (Å²) in [7, 11) is -2.26. The average Bonchev–Trinajstić information content (AvgIpc) is 2.33. The van der Waals surface area contributed by atoms with Crippen LogP contribution in [0.5, 0.6) is 0 Å². The Morgan fingerprint density at radius 1 is 1.37 bits per heavy atom. The molecule has 19 heavy (non-hydrogen) atoms. The number of allylic oxidation sites excluding steroid dienone is 2. The lowest BCUT2D eigenvalue weighted by atomic mass is 9.77. The van der Waals surface area contributed by atoms with Crippen LogP contribution in [0.15, 0.2) is 12.2 Å². The van der Waals surface area contributed by atoms with Crippen molar-refractivity contribution in [1.29, 1.82) is 0 Å². The summed E-state index contributed by atoms with van der Waals surface area (Å²) in [5, 5.41) is 0. The number of nitrogens with two attached hydrogens (primary N) is 1. The van der Waals surface area contributed by atoms with Crippen LogP contribution in [0.4, 0.5) is 0 Å². The lowest BCUT2D eigenvalue weighted by Crippen LogP contribution is -2.37. The summed E-state index contributed by atoms with van der Waals surface area (Å²) < 4.78 is 30.4. The molecule has 1 aliphatic rings. The number of sulfonamides is 1. The minimum absolute atomic E-state index is 0.0209. The van der Waals surface area contributed by atoms with Gasteiger partial charge in [-0.1, -0.05) is 18.6 Å². The van der Waals surface area contributed by atoms with Crippen LogP contribution in [0.25, 0.3) is 0 Å². The molecule has 1 radical (unpaired) electrons. The lowest BCUT2D eigenvalue weighted by molar-refractivity contribution is -0.119. The molecule has 0 aromatic rings. The molecule has 1 aliphatic heterocycles. The number of hydrogen-bond acceptors (Lipinski definition) is 5. The number of rotatable bonds is 3. The van der Waals surface area contributed by atoms with E-state index in [-0.39, 0.29) is 12.5 Å². The Morgan fingerprint density at radius 2 is 2.16 bits per heavy atom. The van der Waals surface area contributed by atoms with Crippen molar-refractivity contribution in [1.82, 2.24) is 4.72 Å². The van der Waals surface area contributed by atoms with Gasteiger partial charge in [0.15, 0.2) is 0 Å². The summed E-state index contributed by atoms with van der Waals surface area (Å²) in [6, 6.07) is 0. The van der Waals surface area contributed by atoms with Crippen molar-refractivity contribution >= 4 is 23.4 Å². The van der Waals surface area contributed by atoms with Gasteiger partial charge in [0.05, 0.1) is 12.5 Å². The van der Waals surface area contributed by atoms with Crippen LogP contribution in [-0.4, -0.2) is 34.3 Å². The number of hydrogen-bond donors (Lipinski definition) is 2. The van der Waals surface area contributed by atoms with Gasteiger partial charge >= 0.3 is 7.48 Å². The lowest BCUT2D eigenvalue weighted by Gasteiger charge is -2.14. The first kappa shape index (κ1) is 16.2. The van der Waals surface area contributed by atoms with Crippen LogP contribution in [0.1, 0.15) is 32.1 Å². The van der Waals surface area contributed by atoms with Crippen LogP contribution < -0.4 is 10.5 Å². The highest BCUT2D eigenvalue weighted by molar-refractivity contribution is 7.90. The van der Waals surface area contributed by atoms with E-state index in [1.54, 1.807) is 0 Å². The van der Waals surface area contributed by atoms with E-state index in [4.69, 9.17) is 10.4 Å². The SMILES string of the molecule is NCO[B]C1C/C=C\CCCCCS(=O)(=O)NC1=O. The molecule has 0 saturated carbocycles. The van der Waals surface area contributed by atoms with Gasteiger partial charge in [-0.25, -0.2) is 8.42 Å². The Bertz CT molecular complexity index is 411. The second kappa shape index (κ2) is 8.34. The average molecular weight is 287 g/mol. The first-order valence-corrected chi connectivity index (χ1v) is 8.05. The monoisotopic (exact) mass is 287 g/mol. The summed E-state index contributed by atoms with van der Waals surface area (Å²) in [5.41, 5.74) is 5.19. The molecular weight excluding hydrogens is 267 g/mol. The Morgan fingerprint density at radius 3 is 2.89 bits per heavy atom. The summed E-state index contributed by atoms with van der Waals surface area (Å²) in [6.07, 6.45) is 7.53. The van der Waals surface area contributed by atoms with Gasteiger partial charge in [0.2, 0.25) is 15.9 Å². The third-order valence-corrected chi connectivity index (χ3v) is 4.13. The highest BCUT2D eigenvalue weighted by Gasteiger charge is 2.24. The zero-order chi connectivity index (χ0) is 14.1. The Labute approximate surface area is 115 Å². The smallest absolute Gasteiger partial charge is 0.307 e. The van der Waals surface area contributed by atoms with Gasteiger partial charge in [-0.15, -0.1) is 0 Å². The quantitative estimate of drug-likeness (QED) is 0.442. The van der Waals surface area contributed by atoms with Gasteiger partial charge in [0.25, 0.3) is 0 Å². The van der Waals surface area contributed by atoms with Gasteiger partial charge < -0.3 is 10.4 Å². The second-order valence-electron chi connectivity index (χ2n) is 4.42. The summed E-state index contributed by atoms with van der Waals surface area (Å²) >= 11 is 0. The van der Waals surface area contributed by atoms with Crippen molar-refractivity contribution in [2.45, 2.75) is 37.9 Å². The van der Waals surface area contributed by atoms with E-state index in [0.29, 0.717) is 12.8 Å². The van der Waals surface area contributed by atoms with Gasteiger partial charge in [0.1, 0.15) is 0 Å². The largest absolute Gasteiger partial charge is 0.428 e. The molecule has 0 bridgehead atoms. The van der Waals surface area contributed by atoms with E-state index >= 15 is 0 Å². The molecule has 0 aromatic carbocycles. The molecule has 1 atom stereocenters. The molecule has 3 N–H and O–H groups in total. The van der Waals surface area contributed by atoms with Crippen LogP contribution in [0.3, 0.4) is 0 Å². The molecule has 0 spiro atoms. The Balaban J connectivity index is 2.73. The maximum absolute atomic E-state index is 11.9. The fourth-order valence-corrected chi connectivity index (χ4v) is 2.91. The highest BCUT2D eigenvalue weighted by atomic mass is 32.2. The number of amides is 1. The second-order valence-corrected chi connectivity index (χ2v) is 6.26. The van der Waals surface area contributed by atoms with Crippen molar-refractivity contribution in [3.63, 3.8) is 0 Å². The van der Waals surface area contributed by atoms with E-state index in [0.717, 1.165) is 19.3 Å². The van der Waals surface area contributed by atoms with Gasteiger partial charge in [0, 0.05) is 5.82 Å². The molecule has 6 nitrogen and oxygen atoms in total. The number of carbonyl (C=O) groups excluding carboxylic acids is 1. The molecular formula is C11H20BN2O4S. The molecule has 1 amide bonds. The minimum Gasteiger partial charge on any atom is -0.428 e. The van der Waals surface area contributed by atoms with E-state index in [1.165, 1.54) is 7.48 Å². The van der Waals surface area contributed by atoms with E-state index in [9.17, 15) is 13.2 Å². The van der Waals surface area contributed by atoms with Crippen molar-refractivity contribution in [2.75, 3.05) is 12.5 Å². The minimum atomic E-state index is -3.55. The van der Waals surface area contributed by atoms with Crippen molar-refractivity contribution in [3.05, 3.63) is 12.2 Å². The van der Waals surface area contributed by atoms with E-state index in [2.05, 4.69) is 4.72 Å². The van der Waals surface area contributed by atoms with Gasteiger partial charge in [-0.2, -0.15) is 0 Å². The Hall–Kier alpha value is -0.855. The topological polar surface area (TPSA) is 98.5 Å². The normalized spacial score (nSPS) is 26.6. The van der Waals surface area contributed by atoms with Gasteiger partial charge in [-0.3, -0.25) is 9.52 Å². The molecule has 8 heteroatoms. The first-order chi connectivity index (χ1) is 9.05. The first-order valence-electron chi connectivity index (χ1n) is 6.39. The standard InChI is InChI=1S/C11H20BN2O4S/c13-9-18-12-10-7-5-3-1-2-4-6-8-19(16,17)14-11(10)15/h3,5,10H,1-2,4,6-9,13H2,(H,14,15)/b5-3-. The van der Waals surface area contributed by atoms with Gasteiger partial charge in [-0.05, 0) is 25.7 Å². The summed E-state index contributed by atoms with van der Waals surface area (Å²) in [6.45, 7) is -0.0414. The number of nitrogens with one attached hydrogen (secondary N) is 1. The third-order valence-electron chi connectivity index (χ3n) is 2.79. The van der Waals surface area contributed by atoms with Crippen LogP contribution in [0, 0.1) is 0 Å². The molecule has 0 fully saturated rings. The zero-order valence-electron chi connectivity index (χ0n) is 10.9. The summed E-state index contributed by atoms with van der Waals surface area (Å²) in [4.78, 5) is 11.9. The molecule has 0 saturated heterocycles. The van der Waals surface area contributed by atoms with Crippen molar-refractivity contribution in [3.8, 4) is 0 Å². The van der Waals surface area contributed by atoms with Crippen LogP contribution in [0.2, 0.25) is 5.82 Å². The molecule has 0 aliphatic carbocycles. The third kappa shape index (κ3) is 6.75. The van der Waals surface area contributed by atoms with Crippen molar-refractivity contribution in [2.24, 2.45) is 5.73 Å². The Kier molecular flexibility index (Phi) is 7.11.